The minimum atomic E-state index is -0.0561. The molecule has 0 aromatic heterocycles. The third-order valence-electron chi connectivity index (χ3n) is 11.0. The van der Waals surface area contributed by atoms with Gasteiger partial charge in [0, 0.05) is 0 Å². The van der Waals surface area contributed by atoms with E-state index in [1.165, 1.54) is 57.8 Å². The Hall–Kier alpha value is -0.300. The summed E-state index contributed by atoms with van der Waals surface area (Å²) < 4.78 is 0. The van der Waals surface area contributed by atoms with Gasteiger partial charge in [0.25, 0.3) is 0 Å². The Morgan fingerprint density at radius 3 is 2.37 bits per heavy atom. The molecule has 3 fully saturated rings. The maximum Gasteiger partial charge on any atom is 0.0571 e. The van der Waals surface area contributed by atoms with Gasteiger partial charge in [-0.1, -0.05) is 78.9 Å². The number of allylic oxidation sites excluding steroid dienone is 2. The van der Waals surface area contributed by atoms with Crippen LogP contribution in [0.25, 0.3) is 0 Å². The van der Waals surface area contributed by atoms with E-state index >= 15 is 0 Å². The summed E-state index contributed by atoms with van der Waals surface area (Å²) in [5.41, 5.74) is 2.86. The highest BCUT2D eigenvalue weighted by Crippen LogP contribution is 2.67. The number of rotatable bonds is 6. The molecule has 1 heteroatoms. The Balaban J connectivity index is 1.53. The van der Waals surface area contributed by atoms with Crippen molar-refractivity contribution in [2.75, 3.05) is 0 Å². The van der Waals surface area contributed by atoms with Crippen LogP contribution < -0.4 is 0 Å². The van der Waals surface area contributed by atoms with E-state index in [1.807, 2.05) is 5.57 Å². The zero-order valence-corrected chi connectivity index (χ0v) is 20.9. The summed E-state index contributed by atoms with van der Waals surface area (Å²) in [6, 6.07) is 0. The summed E-state index contributed by atoms with van der Waals surface area (Å²) in [6.07, 6.45) is 17.3. The van der Waals surface area contributed by atoms with E-state index in [-0.39, 0.29) is 6.10 Å². The molecule has 0 aromatic carbocycles. The number of hydrogen-bond acceptors (Lipinski definition) is 1. The molecule has 0 heterocycles. The molecule has 3 saturated carbocycles. The monoisotopic (exact) mass is 414 g/mol. The SMILES string of the molecule is CCC1C2CC=C3[C@@H]4CC[C@H]([C@H](C)CCCC(C)C)[C@@]4(C)CC[C@@H]3[C@@]2(C)CC[C@@H]1O. The van der Waals surface area contributed by atoms with Crippen LogP contribution >= 0.6 is 0 Å². The third kappa shape index (κ3) is 3.64. The van der Waals surface area contributed by atoms with Crippen LogP contribution in [0, 0.1) is 52.3 Å². The molecule has 0 amide bonds. The van der Waals surface area contributed by atoms with Crippen molar-refractivity contribution in [2.24, 2.45) is 52.3 Å². The summed E-state index contributed by atoms with van der Waals surface area (Å²) in [6.45, 7) is 14.9. The van der Waals surface area contributed by atoms with Gasteiger partial charge in [-0.05, 0) is 97.2 Å². The molecule has 9 atom stereocenters. The second-order valence-electron chi connectivity index (χ2n) is 12.9. The van der Waals surface area contributed by atoms with Gasteiger partial charge >= 0.3 is 0 Å². The molecule has 1 N–H and O–H groups in total. The Bertz CT molecular complexity index is 634. The Kier molecular flexibility index (Phi) is 6.53. The standard InChI is InChI=1S/C29H50O/c1-7-21-24-12-11-22-25-14-13-23(20(4)10-8-9-19(2)3)28(25,5)17-15-26(22)29(24,6)18-16-27(21)30/h11,19-21,23-27,30H,7-10,12-18H2,1-6H3/t20-,21?,23-,24?,25+,26+,27+,28-,29+/m1/s1. The van der Waals surface area contributed by atoms with E-state index in [4.69, 9.17) is 0 Å². The van der Waals surface area contributed by atoms with E-state index in [9.17, 15) is 5.11 Å². The molecule has 4 rings (SSSR count). The fourth-order valence-corrected chi connectivity index (χ4v) is 9.33. The summed E-state index contributed by atoms with van der Waals surface area (Å²) in [5.74, 6) is 5.53. The zero-order valence-electron chi connectivity index (χ0n) is 20.9. The lowest BCUT2D eigenvalue weighted by Gasteiger charge is -2.59. The maximum absolute atomic E-state index is 10.7. The highest BCUT2D eigenvalue weighted by Gasteiger charge is 2.59. The predicted molar refractivity (Wildman–Crippen MR) is 128 cm³/mol. The molecule has 0 bridgehead atoms. The van der Waals surface area contributed by atoms with Crippen LogP contribution in [-0.2, 0) is 0 Å². The maximum atomic E-state index is 10.7. The molecule has 4 aliphatic carbocycles. The second-order valence-corrected chi connectivity index (χ2v) is 12.9. The van der Waals surface area contributed by atoms with Crippen LogP contribution in [0.1, 0.15) is 112 Å². The average molecular weight is 415 g/mol. The summed E-state index contributed by atoms with van der Waals surface area (Å²) in [7, 11) is 0. The number of hydrogen-bond donors (Lipinski definition) is 1. The Labute approximate surface area is 187 Å². The van der Waals surface area contributed by atoms with E-state index < -0.39 is 0 Å². The smallest absolute Gasteiger partial charge is 0.0571 e. The highest BCUT2D eigenvalue weighted by molar-refractivity contribution is 5.28. The Morgan fingerprint density at radius 1 is 0.967 bits per heavy atom. The van der Waals surface area contributed by atoms with Crippen LogP contribution in [0.2, 0.25) is 0 Å². The van der Waals surface area contributed by atoms with Crippen molar-refractivity contribution in [1.82, 2.24) is 0 Å². The third-order valence-corrected chi connectivity index (χ3v) is 11.0. The van der Waals surface area contributed by atoms with Crippen molar-refractivity contribution in [3.8, 4) is 0 Å². The van der Waals surface area contributed by atoms with Crippen LogP contribution in [0.15, 0.2) is 11.6 Å². The second kappa shape index (κ2) is 8.57. The molecular weight excluding hydrogens is 364 g/mol. The minimum Gasteiger partial charge on any atom is -0.393 e. The molecular formula is C29H50O. The molecule has 4 aliphatic rings. The van der Waals surface area contributed by atoms with Gasteiger partial charge in [-0.2, -0.15) is 0 Å². The predicted octanol–water partition coefficient (Wildman–Crippen LogP) is 8.02. The van der Waals surface area contributed by atoms with Crippen molar-refractivity contribution < 1.29 is 5.11 Å². The molecule has 30 heavy (non-hydrogen) atoms. The molecule has 2 unspecified atom stereocenters. The summed E-state index contributed by atoms with van der Waals surface area (Å²) in [4.78, 5) is 0. The minimum absolute atomic E-state index is 0.0561. The first-order chi connectivity index (χ1) is 14.2. The normalized spacial score (nSPS) is 46.7. The van der Waals surface area contributed by atoms with Gasteiger partial charge in [-0.3, -0.25) is 0 Å². The van der Waals surface area contributed by atoms with Crippen molar-refractivity contribution in [1.29, 1.82) is 0 Å². The van der Waals surface area contributed by atoms with Gasteiger partial charge in [0.15, 0.2) is 0 Å². The van der Waals surface area contributed by atoms with Gasteiger partial charge in [-0.15, -0.1) is 0 Å². The first-order valence-electron chi connectivity index (χ1n) is 13.6. The molecule has 0 aliphatic heterocycles. The van der Waals surface area contributed by atoms with Crippen molar-refractivity contribution in [2.45, 2.75) is 118 Å². The fourth-order valence-electron chi connectivity index (χ4n) is 9.33. The van der Waals surface area contributed by atoms with Gasteiger partial charge in [0.2, 0.25) is 0 Å². The molecule has 1 nitrogen and oxygen atoms in total. The summed E-state index contributed by atoms with van der Waals surface area (Å²) >= 11 is 0. The first kappa shape index (κ1) is 22.9. The van der Waals surface area contributed by atoms with Crippen LogP contribution in [0.4, 0.5) is 0 Å². The molecule has 0 radical (unpaired) electrons. The number of fused-ring (bicyclic) bond motifs is 5. The topological polar surface area (TPSA) is 20.2 Å². The van der Waals surface area contributed by atoms with E-state index in [2.05, 4.69) is 47.6 Å². The Morgan fingerprint density at radius 2 is 1.67 bits per heavy atom. The zero-order chi connectivity index (χ0) is 21.7. The number of aliphatic hydroxyl groups excluding tert-OH is 1. The summed E-state index contributed by atoms with van der Waals surface area (Å²) in [5, 5.41) is 10.7. The largest absolute Gasteiger partial charge is 0.393 e. The van der Waals surface area contributed by atoms with Crippen LogP contribution in [0.3, 0.4) is 0 Å². The van der Waals surface area contributed by atoms with Crippen molar-refractivity contribution >= 4 is 0 Å². The van der Waals surface area contributed by atoms with Crippen LogP contribution in [0.5, 0.6) is 0 Å². The van der Waals surface area contributed by atoms with E-state index in [0.29, 0.717) is 22.7 Å². The lowest BCUT2D eigenvalue weighted by molar-refractivity contribution is -0.0842. The highest BCUT2D eigenvalue weighted by atomic mass is 16.3. The lowest BCUT2D eigenvalue weighted by Crippen LogP contribution is -2.53. The van der Waals surface area contributed by atoms with Gasteiger partial charge in [0.1, 0.15) is 0 Å². The van der Waals surface area contributed by atoms with Gasteiger partial charge in [-0.25, -0.2) is 0 Å². The van der Waals surface area contributed by atoms with Crippen molar-refractivity contribution in [3.63, 3.8) is 0 Å². The quantitative estimate of drug-likeness (QED) is 0.436. The molecule has 172 valence electrons. The van der Waals surface area contributed by atoms with E-state index in [0.717, 1.165) is 42.4 Å². The fraction of sp³-hybridized carbons (Fsp3) is 0.931. The average Bonchev–Trinajstić information content (AvgIpc) is 3.05. The van der Waals surface area contributed by atoms with E-state index in [1.54, 1.807) is 0 Å². The van der Waals surface area contributed by atoms with Gasteiger partial charge in [0.05, 0.1) is 6.10 Å². The van der Waals surface area contributed by atoms with Crippen LogP contribution in [-0.4, -0.2) is 11.2 Å². The van der Waals surface area contributed by atoms with Gasteiger partial charge < -0.3 is 5.11 Å². The molecule has 0 spiro atoms. The lowest BCUT2D eigenvalue weighted by atomic mass is 9.46. The molecule has 0 saturated heterocycles. The number of aliphatic hydroxyl groups is 1. The first-order valence-corrected chi connectivity index (χ1v) is 13.6. The van der Waals surface area contributed by atoms with Crippen molar-refractivity contribution in [3.05, 3.63) is 11.6 Å². The molecule has 0 aromatic rings.